The van der Waals surface area contributed by atoms with Gasteiger partial charge in [-0.05, 0) is 30.3 Å². The Morgan fingerprint density at radius 2 is 1.87 bits per heavy atom. The molecular formula is C21H20F3N5O2. The number of anilines is 1. The fourth-order valence-electron chi connectivity index (χ4n) is 2.59. The molecule has 0 saturated carbocycles. The Bertz CT molecular complexity index is 1090. The zero-order valence-electron chi connectivity index (χ0n) is 16.8. The van der Waals surface area contributed by atoms with Gasteiger partial charge in [-0.2, -0.15) is 18.3 Å². The maximum atomic E-state index is 12.9. The van der Waals surface area contributed by atoms with Gasteiger partial charge in [-0.15, -0.1) is 0 Å². The quantitative estimate of drug-likeness (QED) is 0.621. The van der Waals surface area contributed by atoms with Crippen LogP contribution in [0.2, 0.25) is 0 Å². The number of nitrogens with one attached hydrogen (secondary N) is 2. The predicted octanol–water partition coefficient (Wildman–Crippen LogP) is 3.81. The van der Waals surface area contributed by atoms with E-state index in [1.165, 1.54) is 35.3 Å². The summed E-state index contributed by atoms with van der Waals surface area (Å²) in [5.41, 5.74) is 0.190. The van der Waals surface area contributed by atoms with Crippen molar-refractivity contribution < 1.29 is 22.8 Å². The molecule has 0 aliphatic heterocycles. The minimum absolute atomic E-state index is 0.0993. The number of aromatic nitrogens is 3. The summed E-state index contributed by atoms with van der Waals surface area (Å²) in [4.78, 5) is 28.3. The Hall–Kier alpha value is -3.69. The number of pyridine rings is 1. The van der Waals surface area contributed by atoms with Crippen LogP contribution in [0.15, 0.2) is 54.9 Å². The van der Waals surface area contributed by atoms with Crippen molar-refractivity contribution in [3.05, 3.63) is 71.7 Å². The van der Waals surface area contributed by atoms with E-state index in [2.05, 4.69) is 20.7 Å². The zero-order valence-corrected chi connectivity index (χ0v) is 16.8. The van der Waals surface area contributed by atoms with E-state index in [1.54, 1.807) is 26.0 Å². The molecule has 162 valence electrons. The van der Waals surface area contributed by atoms with E-state index in [1.807, 2.05) is 0 Å². The second kappa shape index (κ2) is 8.99. The third kappa shape index (κ3) is 5.68. The van der Waals surface area contributed by atoms with Crippen LogP contribution >= 0.6 is 0 Å². The van der Waals surface area contributed by atoms with Crippen LogP contribution in [0.1, 0.15) is 35.5 Å². The maximum Gasteiger partial charge on any atom is 0.416 e. The first-order chi connectivity index (χ1) is 14.6. The van der Waals surface area contributed by atoms with Gasteiger partial charge in [0.1, 0.15) is 11.5 Å². The third-order valence-electron chi connectivity index (χ3n) is 4.28. The van der Waals surface area contributed by atoms with Crippen molar-refractivity contribution in [2.45, 2.75) is 26.6 Å². The Labute approximate surface area is 176 Å². The van der Waals surface area contributed by atoms with Crippen molar-refractivity contribution in [1.29, 1.82) is 0 Å². The van der Waals surface area contributed by atoms with E-state index in [4.69, 9.17) is 0 Å². The fraction of sp³-hybridized carbons (Fsp3) is 0.238. The molecule has 0 aliphatic carbocycles. The molecule has 0 radical (unpaired) electrons. The van der Waals surface area contributed by atoms with Gasteiger partial charge >= 0.3 is 6.18 Å². The van der Waals surface area contributed by atoms with E-state index in [-0.39, 0.29) is 35.6 Å². The molecule has 3 aromatic rings. The first kappa shape index (κ1) is 22.0. The number of rotatable bonds is 6. The molecule has 1 aromatic carbocycles. The molecule has 31 heavy (non-hydrogen) atoms. The van der Waals surface area contributed by atoms with Crippen molar-refractivity contribution >= 4 is 17.6 Å². The first-order valence-electron chi connectivity index (χ1n) is 9.41. The number of nitrogens with zero attached hydrogens (tertiary/aromatic N) is 3. The lowest BCUT2D eigenvalue weighted by Crippen LogP contribution is -2.24. The van der Waals surface area contributed by atoms with Crippen LogP contribution in [0.3, 0.4) is 0 Å². The molecule has 2 amide bonds. The number of alkyl halides is 3. The van der Waals surface area contributed by atoms with E-state index in [9.17, 15) is 22.8 Å². The topological polar surface area (TPSA) is 88.9 Å². The van der Waals surface area contributed by atoms with Gasteiger partial charge in [0.05, 0.1) is 17.4 Å². The summed E-state index contributed by atoms with van der Waals surface area (Å²) < 4.78 is 40.0. The van der Waals surface area contributed by atoms with Crippen LogP contribution in [0, 0.1) is 5.92 Å². The van der Waals surface area contributed by atoms with E-state index < -0.39 is 17.6 Å². The van der Waals surface area contributed by atoms with Gasteiger partial charge in [0.15, 0.2) is 0 Å². The molecular weight excluding hydrogens is 411 g/mol. The summed E-state index contributed by atoms with van der Waals surface area (Å²) in [5, 5.41) is 9.35. The number of hydrogen-bond acceptors (Lipinski definition) is 4. The summed E-state index contributed by atoms with van der Waals surface area (Å²) >= 11 is 0. The molecule has 0 spiro atoms. The number of amides is 2. The number of hydrogen-bond donors (Lipinski definition) is 2. The van der Waals surface area contributed by atoms with E-state index >= 15 is 0 Å². The second-order valence-electron chi connectivity index (χ2n) is 7.08. The molecule has 0 saturated heterocycles. The first-order valence-corrected chi connectivity index (χ1v) is 9.41. The second-order valence-corrected chi connectivity index (χ2v) is 7.08. The molecule has 0 aliphatic rings. The third-order valence-corrected chi connectivity index (χ3v) is 4.28. The monoisotopic (exact) mass is 431 g/mol. The Morgan fingerprint density at radius 3 is 2.58 bits per heavy atom. The van der Waals surface area contributed by atoms with Gasteiger partial charge in [-0.3, -0.25) is 9.59 Å². The SMILES string of the molecule is CC(C)C(=O)Nc1cccc(C(=O)NCc2cnn(-c3cccc(C(F)(F)F)c3)c2)n1. The number of carbonyl (C=O) groups excluding carboxylic acids is 2. The highest BCUT2D eigenvalue weighted by Crippen LogP contribution is 2.30. The Kier molecular flexibility index (Phi) is 6.38. The van der Waals surface area contributed by atoms with Crippen molar-refractivity contribution in [1.82, 2.24) is 20.1 Å². The summed E-state index contributed by atoms with van der Waals surface area (Å²) in [7, 11) is 0. The van der Waals surface area contributed by atoms with Crippen LogP contribution in [-0.4, -0.2) is 26.6 Å². The van der Waals surface area contributed by atoms with Crippen LogP contribution in [0.25, 0.3) is 5.69 Å². The largest absolute Gasteiger partial charge is 0.416 e. The molecule has 10 heteroatoms. The van der Waals surface area contributed by atoms with Crippen molar-refractivity contribution in [3.63, 3.8) is 0 Å². The predicted molar refractivity (Wildman–Crippen MR) is 107 cm³/mol. The highest BCUT2D eigenvalue weighted by Gasteiger charge is 2.30. The Morgan fingerprint density at radius 1 is 1.13 bits per heavy atom. The fourth-order valence-corrected chi connectivity index (χ4v) is 2.59. The number of halogens is 3. The molecule has 0 fully saturated rings. The minimum Gasteiger partial charge on any atom is -0.347 e. The molecule has 0 atom stereocenters. The van der Waals surface area contributed by atoms with Crippen LogP contribution in [0.5, 0.6) is 0 Å². The minimum atomic E-state index is -4.45. The molecule has 2 heterocycles. The van der Waals surface area contributed by atoms with E-state index in [0.717, 1.165) is 12.1 Å². The van der Waals surface area contributed by atoms with Crippen LogP contribution < -0.4 is 10.6 Å². The summed E-state index contributed by atoms with van der Waals surface area (Å²) in [6, 6.07) is 9.48. The molecule has 3 rings (SSSR count). The summed E-state index contributed by atoms with van der Waals surface area (Å²) in [6.07, 6.45) is -1.47. The van der Waals surface area contributed by atoms with Crippen molar-refractivity contribution in [3.8, 4) is 5.69 Å². The number of carbonyl (C=O) groups is 2. The lowest BCUT2D eigenvalue weighted by Gasteiger charge is -2.09. The lowest BCUT2D eigenvalue weighted by molar-refractivity contribution is -0.137. The molecule has 0 bridgehead atoms. The van der Waals surface area contributed by atoms with Gasteiger partial charge in [-0.25, -0.2) is 9.67 Å². The van der Waals surface area contributed by atoms with Gasteiger partial charge in [0.25, 0.3) is 5.91 Å². The molecule has 2 aromatic heterocycles. The van der Waals surface area contributed by atoms with Crippen molar-refractivity contribution in [2.24, 2.45) is 5.92 Å². The van der Waals surface area contributed by atoms with Crippen molar-refractivity contribution in [2.75, 3.05) is 5.32 Å². The van der Waals surface area contributed by atoms with Gasteiger partial charge < -0.3 is 10.6 Å². The van der Waals surface area contributed by atoms with E-state index in [0.29, 0.717) is 5.56 Å². The lowest BCUT2D eigenvalue weighted by atomic mass is 10.2. The highest BCUT2D eigenvalue weighted by atomic mass is 19.4. The normalized spacial score (nSPS) is 11.4. The zero-order chi connectivity index (χ0) is 22.6. The molecule has 7 nitrogen and oxygen atoms in total. The summed E-state index contributed by atoms with van der Waals surface area (Å²) in [5.74, 6) is -0.643. The van der Waals surface area contributed by atoms with Gasteiger partial charge in [-0.1, -0.05) is 26.0 Å². The highest BCUT2D eigenvalue weighted by molar-refractivity contribution is 5.94. The van der Waals surface area contributed by atoms with Gasteiger partial charge in [0.2, 0.25) is 5.91 Å². The smallest absolute Gasteiger partial charge is 0.347 e. The molecule has 0 unspecified atom stereocenters. The average molecular weight is 431 g/mol. The number of benzene rings is 1. The standard InChI is InChI=1S/C21H20F3N5O2/c1-13(2)19(30)28-18-8-4-7-17(27-18)20(31)25-10-14-11-26-29(12-14)16-6-3-5-15(9-16)21(22,23)24/h3-9,11-13H,10H2,1-2H3,(H,25,31)(H,27,28,30). The van der Waals surface area contributed by atoms with Gasteiger partial charge in [0, 0.05) is 24.2 Å². The average Bonchev–Trinajstić information content (AvgIpc) is 3.20. The molecule has 2 N–H and O–H groups in total. The Balaban J connectivity index is 1.65. The van der Waals surface area contributed by atoms with Crippen LogP contribution in [-0.2, 0) is 17.5 Å². The maximum absolute atomic E-state index is 12.9. The van der Waals surface area contributed by atoms with Crippen LogP contribution in [0.4, 0.5) is 19.0 Å². The summed E-state index contributed by atoms with van der Waals surface area (Å²) in [6.45, 7) is 3.58.